The highest BCUT2D eigenvalue weighted by Crippen LogP contribution is 2.36. The third kappa shape index (κ3) is 2.84. The van der Waals surface area contributed by atoms with Crippen LogP contribution in [0.4, 0.5) is 17.6 Å². The summed E-state index contributed by atoms with van der Waals surface area (Å²) in [6, 6.07) is 17.2. The average Bonchev–Trinajstić information content (AvgIpc) is 2.58. The lowest BCUT2D eigenvalue weighted by Crippen LogP contribution is -2.11. The molecule has 0 aliphatic rings. The first-order valence-electron chi connectivity index (χ1n) is 7.02. The van der Waals surface area contributed by atoms with E-state index in [-0.39, 0.29) is 6.07 Å². The van der Waals surface area contributed by atoms with Crippen molar-refractivity contribution in [2.24, 2.45) is 0 Å². The molecule has 3 aromatic carbocycles. The Kier molecular flexibility index (Phi) is 4.15. The summed E-state index contributed by atoms with van der Waals surface area (Å²) >= 11 is 0. The van der Waals surface area contributed by atoms with Gasteiger partial charge in [0.15, 0.2) is 23.3 Å². The summed E-state index contributed by atoms with van der Waals surface area (Å²) < 4.78 is 55.8. The van der Waals surface area contributed by atoms with E-state index in [9.17, 15) is 17.6 Å². The Morgan fingerprint density at radius 1 is 0.565 bits per heavy atom. The molecule has 0 unspecified atom stereocenters. The Bertz CT molecular complexity index is 748. The summed E-state index contributed by atoms with van der Waals surface area (Å²) in [5.41, 5.74) is 0.461. The van der Waals surface area contributed by atoms with E-state index >= 15 is 0 Å². The van der Waals surface area contributed by atoms with Gasteiger partial charge in [-0.15, -0.1) is 0 Å². The summed E-state index contributed by atoms with van der Waals surface area (Å²) in [4.78, 5) is 0. The van der Waals surface area contributed by atoms with Crippen LogP contribution < -0.4 is 0 Å². The third-order valence-electron chi connectivity index (χ3n) is 3.70. The van der Waals surface area contributed by atoms with Gasteiger partial charge in [0.05, 0.1) is 0 Å². The predicted molar refractivity (Wildman–Crippen MR) is 80.1 cm³/mol. The highest BCUT2D eigenvalue weighted by atomic mass is 19.2. The topological polar surface area (TPSA) is 0 Å². The molecule has 0 atom stereocenters. The van der Waals surface area contributed by atoms with Gasteiger partial charge in [-0.1, -0.05) is 60.7 Å². The van der Waals surface area contributed by atoms with E-state index in [4.69, 9.17) is 0 Å². The smallest absolute Gasteiger partial charge is 0.166 e. The van der Waals surface area contributed by atoms with Crippen molar-refractivity contribution in [2.45, 2.75) is 5.92 Å². The second-order valence-corrected chi connectivity index (χ2v) is 5.14. The lowest BCUT2D eigenvalue weighted by Gasteiger charge is -2.20. The molecule has 0 aliphatic carbocycles. The molecule has 4 heteroatoms. The highest BCUT2D eigenvalue weighted by molar-refractivity contribution is 5.44. The van der Waals surface area contributed by atoms with Crippen LogP contribution in [0.5, 0.6) is 0 Å². The quantitative estimate of drug-likeness (QED) is 0.344. The van der Waals surface area contributed by atoms with Gasteiger partial charge in [-0.2, -0.15) is 0 Å². The van der Waals surface area contributed by atoms with Crippen LogP contribution in [0.2, 0.25) is 0 Å². The van der Waals surface area contributed by atoms with Gasteiger partial charge in [0.1, 0.15) is 0 Å². The van der Waals surface area contributed by atoms with E-state index in [2.05, 4.69) is 0 Å². The number of benzene rings is 3. The van der Waals surface area contributed by atoms with E-state index < -0.39 is 34.8 Å². The zero-order valence-electron chi connectivity index (χ0n) is 11.9. The molecule has 0 heterocycles. The first-order valence-corrected chi connectivity index (χ1v) is 7.02. The molecule has 0 saturated carbocycles. The van der Waals surface area contributed by atoms with Crippen LogP contribution in [0.15, 0.2) is 66.7 Å². The van der Waals surface area contributed by atoms with Crippen LogP contribution in [-0.2, 0) is 0 Å². The fourth-order valence-corrected chi connectivity index (χ4v) is 2.66. The maximum atomic E-state index is 14.3. The minimum Gasteiger partial charge on any atom is -0.204 e. The summed E-state index contributed by atoms with van der Waals surface area (Å²) in [5.74, 6) is -6.50. The molecule has 0 fully saturated rings. The van der Waals surface area contributed by atoms with E-state index in [0.717, 1.165) is 0 Å². The molecule has 0 amide bonds. The van der Waals surface area contributed by atoms with E-state index in [1.165, 1.54) is 0 Å². The summed E-state index contributed by atoms with van der Waals surface area (Å²) in [6.45, 7) is 0. The molecular weight excluding hydrogens is 304 g/mol. The lowest BCUT2D eigenvalue weighted by molar-refractivity contribution is 0.437. The second kappa shape index (κ2) is 6.24. The van der Waals surface area contributed by atoms with Crippen molar-refractivity contribution in [1.82, 2.24) is 0 Å². The lowest BCUT2D eigenvalue weighted by atomic mass is 9.84. The van der Waals surface area contributed by atoms with Crippen molar-refractivity contribution in [1.29, 1.82) is 0 Å². The van der Waals surface area contributed by atoms with Gasteiger partial charge in [0.2, 0.25) is 0 Å². The molecule has 0 nitrogen and oxygen atoms in total. The van der Waals surface area contributed by atoms with Gasteiger partial charge in [-0.05, 0) is 11.1 Å². The minimum absolute atomic E-state index is 0.223. The largest absolute Gasteiger partial charge is 0.204 e. The van der Waals surface area contributed by atoms with Crippen molar-refractivity contribution < 1.29 is 17.6 Å². The summed E-state index contributed by atoms with van der Waals surface area (Å²) in [7, 11) is 0. The SMILES string of the molecule is Fc1cc(F)c(F)c(C(c2ccccc2)c2ccccc2)c1F. The first-order chi connectivity index (χ1) is 11.1. The zero-order valence-corrected chi connectivity index (χ0v) is 11.9. The molecule has 0 aromatic heterocycles. The highest BCUT2D eigenvalue weighted by Gasteiger charge is 2.28. The van der Waals surface area contributed by atoms with Crippen molar-refractivity contribution in [3.05, 3.63) is 107 Å². The van der Waals surface area contributed by atoms with Crippen molar-refractivity contribution >= 4 is 0 Å². The Morgan fingerprint density at radius 3 is 1.35 bits per heavy atom. The maximum absolute atomic E-state index is 14.3. The fourth-order valence-electron chi connectivity index (χ4n) is 2.66. The van der Waals surface area contributed by atoms with Gasteiger partial charge in [0.25, 0.3) is 0 Å². The third-order valence-corrected chi connectivity index (χ3v) is 3.70. The van der Waals surface area contributed by atoms with Gasteiger partial charge < -0.3 is 0 Å². The van der Waals surface area contributed by atoms with Crippen LogP contribution in [0, 0.1) is 23.3 Å². The number of hydrogen-bond donors (Lipinski definition) is 0. The number of hydrogen-bond acceptors (Lipinski definition) is 0. The molecular formula is C19H12F4. The molecule has 3 rings (SSSR count). The number of halogens is 4. The van der Waals surface area contributed by atoms with Crippen LogP contribution >= 0.6 is 0 Å². The van der Waals surface area contributed by atoms with Crippen molar-refractivity contribution in [3.63, 3.8) is 0 Å². The summed E-state index contributed by atoms with van der Waals surface area (Å²) in [6.07, 6.45) is 0. The molecule has 0 spiro atoms. The van der Waals surface area contributed by atoms with E-state index in [1.54, 1.807) is 60.7 Å². The Labute approximate surface area is 131 Å². The fraction of sp³-hybridized carbons (Fsp3) is 0.0526. The van der Waals surface area contributed by atoms with Gasteiger partial charge in [-0.25, -0.2) is 17.6 Å². The Balaban J connectivity index is 2.30. The van der Waals surface area contributed by atoms with Gasteiger partial charge in [-0.3, -0.25) is 0 Å². The number of rotatable bonds is 3. The monoisotopic (exact) mass is 316 g/mol. The van der Waals surface area contributed by atoms with Crippen molar-refractivity contribution in [3.8, 4) is 0 Å². The van der Waals surface area contributed by atoms with E-state index in [0.29, 0.717) is 11.1 Å². The van der Waals surface area contributed by atoms with Crippen LogP contribution in [-0.4, -0.2) is 0 Å². The molecule has 0 bridgehead atoms. The van der Waals surface area contributed by atoms with Gasteiger partial charge in [0, 0.05) is 17.5 Å². The zero-order chi connectivity index (χ0) is 16.4. The molecule has 0 radical (unpaired) electrons. The van der Waals surface area contributed by atoms with Crippen LogP contribution in [0.1, 0.15) is 22.6 Å². The molecule has 3 aromatic rings. The molecule has 0 saturated heterocycles. The molecule has 116 valence electrons. The molecule has 0 N–H and O–H groups in total. The van der Waals surface area contributed by atoms with Crippen molar-refractivity contribution in [2.75, 3.05) is 0 Å². The molecule has 0 aliphatic heterocycles. The minimum atomic E-state index is -1.41. The van der Waals surface area contributed by atoms with Gasteiger partial charge >= 0.3 is 0 Å². The predicted octanol–water partition coefficient (Wildman–Crippen LogP) is 5.42. The summed E-state index contributed by atoms with van der Waals surface area (Å²) in [5, 5.41) is 0. The Morgan fingerprint density at radius 2 is 0.957 bits per heavy atom. The first kappa shape index (κ1) is 15.3. The average molecular weight is 316 g/mol. The molecule has 23 heavy (non-hydrogen) atoms. The Hall–Kier alpha value is -2.62. The maximum Gasteiger partial charge on any atom is 0.166 e. The van der Waals surface area contributed by atoms with Crippen LogP contribution in [0.3, 0.4) is 0 Å². The van der Waals surface area contributed by atoms with E-state index in [1.807, 2.05) is 0 Å². The second-order valence-electron chi connectivity index (χ2n) is 5.14. The van der Waals surface area contributed by atoms with Crippen LogP contribution in [0.25, 0.3) is 0 Å². The standard InChI is InChI=1S/C19H12F4/c20-14-11-15(21)19(23)17(18(14)22)16(12-7-3-1-4-8-12)13-9-5-2-6-10-13/h1-11,16H. The normalized spacial score (nSPS) is 11.0.